The standard InChI is InChI=1S/C20H26N2O3/c1-14-18(15(2)25-21-14)8-9-19(23)22-12-10-17(11-13-22)20(24)16-6-4-3-5-7-16/h3-7,17,20,24H,8-13H2,1-2H3. The van der Waals surface area contributed by atoms with E-state index >= 15 is 0 Å². The van der Waals surface area contributed by atoms with Crippen LogP contribution in [0.3, 0.4) is 0 Å². The SMILES string of the molecule is Cc1noc(C)c1CCC(=O)N1CCC(C(O)c2ccccc2)CC1. The zero-order chi connectivity index (χ0) is 17.8. The first-order chi connectivity index (χ1) is 12.1. The van der Waals surface area contributed by atoms with Crippen LogP contribution in [0.1, 0.15) is 47.9 Å². The summed E-state index contributed by atoms with van der Waals surface area (Å²) in [6.07, 6.45) is 2.39. The van der Waals surface area contributed by atoms with Crippen LogP contribution in [0.5, 0.6) is 0 Å². The predicted molar refractivity (Wildman–Crippen MR) is 95.0 cm³/mol. The number of piperidine rings is 1. The van der Waals surface area contributed by atoms with Crippen molar-refractivity contribution in [1.82, 2.24) is 10.1 Å². The fourth-order valence-electron chi connectivity index (χ4n) is 3.64. The van der Waals surface area contributed by atoms with E-state index in [1.807, 2.05) is 49.1 Å². The Labute approximate surface area is 148 Å². The van der Waals surface area contributed by atoms with E-state index < -0.39 is 6.10 Å². The number of aliphatic hydroxyl groups is 1. The monoisotopic (exact) mass is 342 g/mol. The van der Waals surface area contributed by atoms with Gasteiger partial charge in [0, 0.05) is 25.1 Å². The molecule has 0 bridgehead atoms. The third-order valence-electron chi connectivity index (χ3n) is 5.25. The van der Waals surface area contributed by atoms with Crippen LogP contribution in [0.4, 0.5) is 0 Å². The highest BCUT2D eigenvalue weighted by molar-refractivity contribution is 5.76. The lowest BCUT2D eigenvalue weighted by Gasteiger charge is -2.34. The number of carbonyl (C=O) groups excluding carboxylic acids is 1. The van der Waals surface area contributed by atoms with Crippen molar-refractivity contribution < 1.29 is 14.4 Å². The van der Waals surface area contributed by atoms with Crippen molar-refractivity contribution in [2.75, 3.05) is 13.1 Å². The van der Waals surface area contributed by atoms with E-state index in [0.29, 0.717) is 12.8 Å². The van der Waals surface area contributed by atoms with Crippen LogP contribution < -0.4 is 0 Å². The zero-order valence-corrected chi connectivity index (χ0v) is 14.9. The van der Waals surface area contributed by atoms with Gasteiger partial charge in [0.2, 0.25) is 5.91 Å². The summed E-state index contributed by atoms with van der Waals surface area (Å²) in [4.78, 5) is 14.4. The van der Waals surface area contributed by atoms with Gasteiger partial charge >= 0.3 is 0 Å². The second-order valence-corrected chi connectivity index (χ2v) is 6.88. The normalized spacial score (nSPS) is 16.8. The third-order valence-corrected chi connectivity index (χ3v) is 5.25. The van der Waals surface area contributed by atoms with Gasteiger partial charge in [-0.25, -0.2) is 0 Å². The number of amides is 1. The van der Waals surface area contributed by atoms with Crippen molar-refractivity contribution in [3.05, 3.63) is 52.9 Å². The molecule has 134 valence electrons. The molecule has 3 rings (SSSR count). The molecule has 5 nitrogen and oxygen atoms in total. The number of aryl methyl sites for hydroxylation is 2. The van der Waals surface area contributed by atoms with Gasteiger partial charge in [0.1, 0.15) is 5.76 Å². The summed E-state index contributed by atoms with van der Waals surface area (Å²) >= 11 is 0. The smallest absolute Gasteiger partial charge is 0.222 e. The lowest BCUT2D eigenvalue weighted by atomic mass is 9.87. The topological polar surface area (TPSA) is 66.6 Å². The molecule has 1 aromatic heterocycles. The van der Waals surface area contributed by atoms with Gasteiger partial charge in [-0.2, -0.15) is 0 Å². The van der Waals surface area contributed by atoms with Gasteiger partial charge in [-0.1, -0.05) is 35.5 Å². The largest absolute Gasteiger partial charge is 0.388 e. The molecule has 25 heavy (non-hydrogen) atoms. The Morgan fingerprint density at radius 3 is 2.56 bits per heavy atom. The second kappa shape index (κ2) is 7.83. The molecule has 0 aliphatic carbocycles. The van der Waals surface area contributed by atoms with Crippen molar-refractivity contribution in [2.45, 2.75) is 45.6 Å². The highest BCUT2D eigenvalue weighted by Gasteiger charge is 2.28. The summed E-state index contributed by atoms with van der Waals surface area (Å²) in [5.74, 6) is 1.19. The van der Waals surface area contributed by atoms with E-state index in [1.165, 1.54) is 0 Å². The summed E-state index contributed by atoms with van der Waals surface area (Å²) in [7, 11) is 0. The number of aliphatic hydroxyl groups excluding tert-OH is 1. The molecular weight excluding hydrogens is 316 g/mol. The maximum Gasteiger partial charge on any atom is 0.222 e. The van der Waals surface area contributed by atoms with Gasteiger partial charge in [0.15, 0.2) is 0 Å². The minimum Gasteiger partial charge on any atom is -0.388 e. The summed E-state index contributed by atoms with van der Waals surface area (Å²) in [6, 6.07) is 9.78. The molecule has 1 aliphatic rings. The summed E-state index contributed by atoms with van der Waals surface area (Å²) in [5, 5.41) is 14.5. The van der Waals surface area contributed by atoms with E-state index in [-0.39, 0.29) is 11.8 Å². The van der Waals surface area contributed by atoms with E-state index in [9.17, 15) is 9.90 Å². The number of benzene rings is 1. The Hall–Kier alpha value is -2.14. The van der Waals surface area contributed by atoms with Crippen molar-refractivity contribution in [2.24, 2.45) is 5.92 Å². The lowest BCUT2D eigenvalue weighted by molar-refractivity contribution is -0.133. The van der Waals surface area contributed by atoms with Crippen LogP contribution >= 0.6 is 0 Å². The Kier molecular flexibility index (Phi) is 5.53. The first-order valence-corrected chi connectivity index (χ1v) is 8.98. The molecule has 1 aliphatic heterocycles. The Morgan fingerprint density at radius 1 is 1.28 bits per heavy atom. The third kappa shape index (κ3) is 4.10. The quantitative estimate of drug-likeness (QED) is 0.906. The van der Waals surface area contributed by atoms with Crippen LogP contribution in [0.25, 0.3) is 0 Å². The fourth-order valence-corrected chi connectivity index (χ4v) is 3.64. The van der Waals surface area contributed by atoms with Crippen molar-refractivity contribution >= 4 is 5.91 Å². The van der Waals surface area contributed by atoms with Gasteiger partial charge in [-0.3, -0.25) is 4.79 Å². The number of hydrogen-bond donors (Lipinski definition) is 1. The molecule has 1 N–H and O–H groups in total. The molecule has 1 unspecified atom stereocenters. The highest BCUT2D eigenvalue weighted by atomic mass is 16.5. The molecule has 0 radical (unpaired) electrons. The van der Waals surface area contributed by atoms with E-state index in [4.69, 9.17) is 4.52 Å². The molecule has 1 saturated heterocycles. The number of carbonyl (C=O) groups is 1. The average molecular weight is 342 g/mol. The van der Waals surface area contributed by atoms with Crippen molar-refractivity contribution in [1.29, 1.82) is 0 Å². The predicted octanol–water partition coefficient (Wildman–Crippen LogP) is 3.20. The van der Waals surface area contributed by atoms with Gasteiger partial charge in [0.05, 0.1) is 11.8 Å². The van der Waals surface area contributed by atoms with Crippen LogP contribution in [0.15, 0.2) is 34.9 Å². The first kappa shape index (κ1) is 17.7. The van der Waals surface area contributed by atoms with Crippen LogP contribution in [0.2, 0.25) is 0 Å². The molecule has 1 amide bonds. The molecule has 0 saturated carbocycles. The fraction of sp³-hybridized carbons (Fsp3) is 0.500. The van der Waals surface area contributed by atoms with Crippen molar-refractivity contribution in [3.63, 3.8) is 0 Å². The molecule has 1 aromatic carbocycles. The Balaban J connectivity index is 1.49. The summed E-state index contributed by atoms with van der Waals surface area (Å²) in [6.45, 7) is 5.23. The lowest BCUT2D eigenvalue weighted by Crippen LogP contribution is -2.39. The summed E-state index contributed by atoms with van der Waals surface area (Å²) < 4.78 is 5.15. The molecule has 0 spiro atoms. The Morgan fingerprint density at radius 2 is 1.96 bits per heavy atom. The number of nitrogens with zero attached hydrogens (tertiary/aromatic N) is 2. The van der Waals surface area contributed by atoms with Crippen molar-refractivity contribution in [3.8, 4) is 0 Å². The zero-order valence-electron chi connectivity index (χ0n) is 14.9. The highest BCUT2D eigenvalue weighted by Crippen LogP contribution is 2.30. The van der Waals surface area contributed by atoms with Crippen LogP contribution in [-0.4, -0.2) is 34.2 Å². The van der Waals surface area contributed by atoms with E-state index in [2.05, 4.69) is 5.16 Å². The van der Waals surface area contributed by atoms with Crippen LogP contribution in [0, 0.1) is 19.8 Å². The number of aromatic nitrogens is 1. The van der Waals surface area contributed by atoms with Gasteiger partial charge in [-0.15, -0.1) is 0 Å². The number of hydrogen-bond acceptors (Lipinski definition) is 4. The molecular formula is C20H26N2O3. The molecule has 1 fully saturated rings. The number of likely N-dealkylation sites (tertiary alicyclic amines) is 1. The minimum atomic E-state index is -0.444. The van der Waals surface area contributed by atoms with Crippen LogP contribution in [-0.2, 0) is 11.2 Å². The van der Waals surface area contributed by atoms with E-state index in [1.54, 1.807) is 0 Å². The molecule has 2 aromatic rings. The maximum atomic E-state index is 12.5. The molecule has 2 heterocycles. The first-order valence-electron chi connectivity index (χ1n) is 8.98. The molecule has 1 atom stereocenters. The number of rotatable bonds is 5. The summed E-state index contributed by atoms with van der Waals surface area (Å²) in [5.41, 5.74) is 2.88. The minimum absolute atomic E-state index is 0.174. The van der Waals surface area contributed by atoms with Gasteiger partial charge in [-0.05, 0) is 44.6 Å². The van der Waals surface area contributed by atoms with Gasteiger partial charge < -0.3 is 14.5 Å². The van der Waals surface area contributed by atoms with E-state index in [0.717, 1.165) is 48.5 Å². The Bertz CT molecular complexity index is 683. The molecule has 5 heteroatoms. The van der Waals surface area contributed by atoms with Gasteiger partial charge in [0.25, 0.3) is 0 Å². The average Bonchev–Trinajstić information content (AvgIpc) is 2.98. The maximum absolute atomic E-state index is 12.5. The second-order valence-electron chi connectivity index (χ2n) is 6.88.